The van der Waals surface area contributed by atoms with Gasteiger partial charge in [0.05, 0.1) is 19.4 Å². The van der Waals surface area contributed by atoms with Gasteiger partial charge in [0, 0.05) is 3.57 Å². The van der Waals surface area contributed by atoms with Crippen LogP contribution in [0.15, 0.2) is 24.3 Å². The van der Waals surface area contributed by atoms with Gasteiger partial charge < -0.3 is 9.47 Å². The van der Waals surface area contributed by atoms with E-state index in [0.717, 1.165) is 22.0 Å². The van der Waals surface area contributed by atoms with Gasteiger partial charge in [-0.05, 0) is 46.7 Å². The molecule has 0 radical (unpaired) electrons. The normalized spacial score (nSPS) is 10.4. The first-order valence-electron chi connectivity index (χ1n) is 8.67. The van der Waals surface area contributed by atoms with E-state index in [1.54, 1.807) is 0 Å². The van der Waals surface area contributed by atoms with E-state index in [-0.39, 0.29) is 31.4 Å². The van der Waals surface area contributed by atoms with Crippen molar-refractivity contribution in [3.63, 3.8) is 0 Å². The van der Waals surface area contributed by atoms with Gasteiger partial charge >= 0.3 is 11.9 Å². The summed E-state index contributed by atoms with van der Waals surface area (Å²) in [6.45, 7) is 2.87. The van der Waals surface area contributed by atoms with Crippen molar-refractivity contribution in [3.05, 3.63) is 33.4 Å². The summed E-state index contributed by atoms with van der Waals surface area (Å²) < 4.78 is 11.4. The highest BCUT2D eigenvalue weighted by Crippen LogP contribution is 2.10. The van der Waals surface area contributed by atoms with Crippen molar-refractivity contribution < 1.29 is 19.1 Å². The summed E-state index contributed by atoms with van der Waals surface area (Å²) in [5.74, 6) is -0.694. The van der Waals surface area contributed by atoms with Crippen LogP contribution in [-0.4, -0.2) is 18.5 Å². The number of hydrogen-bond acceptors (Lipinski definition) is 4. The Kier molecular flexibility index (Phi) is 11.5. The van der Waals surface area contributed by atoms with Crippen LogP contribution in [0.4, 0.5) is 0 Å². The van der Waals surface area contributed by atoms with Crippen molar-refractivity contribution in [1.29, 1.82) is 0 Å². The summed E-state index contributed by atoms with van der Waals surface area (Å²) >= 11 is 2.21. The standard InChI is InChI=1S/C19H27IO4/c1-2-3-4-5-6-7-13-23-18(21)11-12-19(22)24-15-16-9-8-10-17(20)14-16/h8-10,14H,2-7,11-13,15H2,1H3. The van der Waals surface area contributed by atoms with Crippen LogP contribution in [0.25, 0.3) is 0 Å². The lowest BCUT2D eigenvalue weighted by Crippen LogP contribution is -2.11. The van der Waals surface area contributed by atoms with Crippen molar-refractivity contribution >= 4 is 34.5 Å². The van der Waals surface area contributed by atoms with Gasteiger partial charge in [0.1, 0.15) is 6.61 Å². The first-order valence-corrected chi connectivity index (χ1v) is 9.75. The second-order valence-corrected chi connectivity index (χ2v) is 7.02. The number of esters is 2. The van der Waals surface area contributed by atoms with Crippen molar-refractivity contribution in [2.45, 2.75) is 64.9 Å². The van der Waals surface area contributed by atoms with Crippen LogP contribution in [0.3, 0.4) is 0 Å². The molecular formula is C19H27IO4. The molecule has 134 valence electrons. The molecule has 0 N–H and O–H groups in total. The van der Waals surface area contributed by atoms with Crippen molar-refractivity contribution in [3.8, 4) is 0 Å². The van der Waals surface area contributed by atoms with Gasteiger partial charge in [0.25, 0.3) is 0 Å². The molecule has 0 aromatic heterocycles. The third kappa shape index (κ3) is 10.6. The lowest BCUT2D eigenvalue weighted by Gasteiger charge is -2.06. The number of carbonyl (C=O) groups excluding carboxylic acids is 2. The van der Waals surface area contributed by atoms with E-state index in [1.165, 1.54) is 25.7 Å². The van der Waals surface area contributed by atoms with Crippen LogP contribution in [0.5, 0.6) is 0 Å². The molecule has 1 aromatic carbocycles. The van der Waals surface area contributed by atoms with Gasteiger partial charge in [-0.15, -0.1) is 0 Å². The zero-order valence-electron chi connectivity index (χ0n) is 14.4. The lowest BCUT2D eigenvalue weighted by molar-refractivity contribution is -0.151. The molecule has 1 rings (SSSR count). The van der Waals surface area contributed by atoms with E-state index < -0.39 is 0 Å². The molecule has 0 spiro atoms. The average molecular weight is 446 g/mol. The monoisotopic (exact) mass is 446 g/mol. The second kappa shape index (κ2) is 13.2. The van der Waals surface area contributed by atoms with Crippen LogP contribution in [-0.2, 0) is 25.7 Å². The average Bonchev–Trinajstić information content (AvgIpc) is 2.57. The minimum Gasteiger partial charge on any atom is -0.466 e. The number of ether oxygens (including phenoxy) is 2. The smallest absolute Gasteiger partial charge is 0.306 e. The molecule has 0 saturated carbocycles. The Bertz CT molecular complexity index is 502. The van der Waals surface area contributed by atoms with E-state index in [0.29, 0.717) is 6.61 Å². The molecule has 0 amide bonds. The van der Waals surface area contributed by atoms with Gasteiger partial charge in [-0.3, -0.25) is 9.59 Å². The molecule has 0 bridgehead atoms. The maximum Gasteiger partial charge on any atom is 0.306 e. The van der Waals surface area contributed by atoms with Crippen LogP contribution in [0, 0.1) is 3.57 Å². The number of unbranched alkanes of at least 4 members (excludes halogenated alkanes) is 5. The molecule has 0 aliphatic carbocycles. The molecule has 24 heavy (non-hydrogen) atoms. The first kappa shape index (κ1) is 20.9. The minimum absolute atomic E-state index is 0.0687. The zero-order valence-corrected chi connectivity index (χ0v) is 16.5. The Balaban J connectivity index is 2.04. The number of benzene rings is 1. The number of carbonyl (C=O) groups is 2. The summed E-state index contributed by atoms with van der Waals surface area (Å²) in [5, 5.41) is 0. The van der Waals surface area contributed by atoms with E-state index in [9.17, 15) is 9.59 Å². The Morgan fingerprint density at radius 3 is 2.33 bits per heavy atom. The second-order valence-electron chi connectivity index (χ2n) is 5.78. The quantitative estimate of drug-likeness (QED) is 0.257. The molecule has 0 atom stereocenters. The molecule has 0 saturated heterocycles. The molecule has 0 aliphatic rings. The lowest BCUT2D eigenvalue weighted by atomic mass is 10.1. The van der Waals surface area contributed by atoms with Gasteiger partial charge in [-0.2, -0.15) is 0 Å². The summed E-state index contributed by atoms with van der Waals surface area (Å²) in [6, 6.07) is 7.77. The van der Waals surface area contributed by atoms with Crippen molar-refractivity contribution in [2.75, 3.05) is 6.61 Å². The van der Waals surface area contributed by atoms with Crippen LogP contribution >= 0.6 is 22.6 Å². The van der Waals surface area contributed by atoms with Gasteiger partial charge in [0.15, 0.2) is 0 Å². The number of hydrogen-bond donors (Lipinski definition) is 0. The Hall–Kier alpha value is -1.11. The number of halogens is 1. The van der Waals surface area contributed by atoms with Crippen molar-refractivity contribution in [1.82, 2.24) is 0 Å². The molecule has 5 heteroatoms. The van der Waals surface area contributed by atoms with E-state index >= 15 is 0 Å². The topological polar surface area (TPSA) is 52.6 Å². The van der Waals surface area contributed by atoms with E-state index in [4.69, 9.17) is 9.47 Å². The van der Waals surface area contributed by atoms with Gasteiger partial charge in [-0.1, -0.05) is 51.2 Å². The van der Waals surface area contributed by atoms with Crippen LogP contribution in [0.1, 0.15) is 63.9 Å². The van der Waals surface area contributed by atoms with Crippen LogP contribution < -0.4 is 0 Å². The molecule has 4 nitrogen and oxygen atoms in total. The summed E-state index contributed by atoms with van der Waals surface area (Å²) in [5.41, 5.74) is 0.945. The Morgan fingerprint density at radius 2 is 1.62 bits per heavy atom. The fourth-order valence-electron chi connectivity index (χ4n) is 2.21. The molecule has 0 fully saturated rings. The van der Waals surface area contributed by atoms with Gasteiger partial charge in [0.2, 0.25) is 0 Å². The van der Waals surface area contributed by atoms with Gasteiger partial charge in [-0.25, -0.2) is 0 Å². The molecule has 0 unspecified atom stereocenters. The fraction of sp³-hybridized carbons (Fsp3) is 0.579. The SMILES string of the molecule is CCCCCCCCOC(=O)CCC(=O)OCc1cccc(I)c1. The highest BCUT2D eigenvalue weighted by Gasteiger charge is 2.09. The van der Waals surface area contributed by atoms with E-state index in [1.807, 2.05) is 24.3 Å². The fourth-order valence-corrected chi connectivity index (χ4v) is 2.82. The highest BCUT2D eigenvalue weighted by molar-refractivity contribution is 14.1. The summed E-state index contributed by atoms with van der Waals surface area (Å²) in [7, 11) is 0. The molecule has 1 aromatic rings. The predicted molar refractivity (Wildman–Crippen MR) is 103 cm³/mol. The summed E-state index contributed by atoms with van der Waals surface area (Å²) in [4.78, 5) is 23.2. The van der Waals surface area contributed by atoms with Crippen LogP contribution in [0.2, 0.25) is 0 Å². The highest BCUT2D eigenvalue weighted by atomic mass is 127. The zero-order chi connectivity index (χ0) is 17.6. The largest absolute Gasteiger partial charge is 0.466 e. The predicted octanol–water partition coefficient (Wildman–Crippen LogP) is 5.02. The maximum absolute atomic E-state index is 11.7. The molecule has 0 aliphatic heterocycles. The third-order valence-corrected chi connectivity index (χ3v) is 4.25. The van der Waals surface area contributed by atoms with E-state index in [2.05, 4.69) is 29.5 Å². The Morgan fingerprint density at radius 1 is 0.958 bits per heavy atom. The third-order valence-electron chi connectivity index (χ3n) is 3.58. The van der Waals surface area contributed by atoms with Crippen molar-refractivity contribution in [2.24, 2.45) is 0 Å². The first-order chi connectivity index (χ1) is 11.6. The molecular weight excluding hydrogens is 419 g/mol. The minimum atomic E-state index is -0.370. The molecule has 0 heterocycles. The maximum atomic E-state index is 11.7. The number of rotatable bonds is 12. The summed E-state index contributed by atoms with van der Waals surface area (Å²) in [6.07, 6.45) is 7.07. The Labute approximate surface area is 158 Å².